The van der Waals surface area contributed by atoms with Crippen LogP contribution in [0.2, 0.25) is 0 Å². The van der Waals surface area contributed by atoms with Crippen LogP contribution in [0, 0.1) is 5.82 Å². The third-order valence-corrected chi connectivity index (χ3v) is 3.71. The molecule has 0 saturated heterocycles. The molecule has 0 amide bonds. The highest BCUT2D eigenvalue weighted by Gasteiger charge is 2.08. The van der Waals surface area contributed by atoms with Crippen molar-refractivity contribution in [2.45, 2.75) is 0 Å². The average molecular weight is 365 g/mol. The van der Waals surface area contributed by atoms with Gasteiger partial charge in [-0.05, 0) is 42.0 Å². The predicted molar refractivity (Wildman–Crippen MR) is 87.0 cm³/mol. The van der Waals surface area contributed by atoms with Crippen LogP contribution in [0.25, 0.3) is 6.08 Å². The molecule has 0 aliphatic rings. The minimum atomic E-state index is -0.438. The van der Waals surface area contributed by atoms with E-state index in [0.29, 0.717) is 17.1 Å². The van der Waals surface area contributed by atoms with Crippen molar-refractivity contribution in [3.05, 3.63) is 63.9 Å². The summed E-state index contributed by atoms with van der Waals surface area (Å²) < 4.78 is 24.3. The van der Waals surface area contributed by atoms with Gasteiger partial charge in [0.25, 0.3) is 0 Å². The SMILES string of the molecule is COc1cc(Br)c(/C=C/C(=O)c2cccc(F)c2)cc1OC. The topological polar surface area (TPSA) is 35.5 Å². The maximum absolute atomic E-state index is 13.1. The molecule has 0 heterocycles. The van der Waals surface area contributed by atoms with Crippen molar-refractivity contribution in [1.29, 1.82) is 0 Å². The number of carbonyl (C=O) groups is 1. The molecule has 0 aromatic heterocycles. The number of ether oxygens (including phenoxy) is 2. The monoisotopic (exact) mass is 364 g/mol. The summed E-state index contributed by atoms with van der Waals surface area (Å²) in [5.74, 6) is 0.430. The first kappa shape index (κ1) is 16.2. The predicted octanol–water partition coefficient (Wildman–Crippen LogP) is 4.50. The molecule has 2 aromatic rings. The van der Waals surface area contributed by atoms with Crippen molar-refractivity contribution < 1.29 is 18.7 Å². The number of ketones is 1. The van der Waals surface area contributed by atoms with E-state index < -0.39 is 5.82 Å². The van der Waals surface area contributed by atoms with Crippen LogP contribution in [-0.2, 0) is 0 Å². The highest BCUT2D eigenvalue weighted by molar-refractivity contribution is 9.10. The minimum Gasteiger partial charge on any atom is -0.493 e. The Bertz CT molecular complexity index is 726. The van der Waals surface area contributed by atoms with E-state index in [1.165, 1.54) is 31.4 Å². The van der Waals surface area contributed by atoms with Crippen LogP contribution in [0.3, 0.4) is 0 Å². The molecule has 22 heavy (non-hydrogen) atoms. The zero-order chi connectivity index (χ0) is 16.1. The van der Waals surface area contributed by atoms with E-state index in [2.05, 4.69) is 15.9 Å². The summed E-state index contributed by atoms with van der Waals surface area (Å²) in [5, 5.41) is 0. The molecule has 2 aromatic carbocycles. The summed E-state index contributed by atoms with van der Waals surface area (Å²) in [5.41, 5.74) is 1.05. The molecule has 0 aliphatic heterocycles. The molecule has 5 heteroatoms. The smallest absolute Gasteiger partial charge is 0.185 e. The van der Waals surface area contributed by atoms with Gasteiger partial charge in [0.1, 0.15) is 5.82 Å². The fourth-order valence-corrected chi connectivity index (χ4v) is 2.36. The maximum atomic E-state index is 13.1. The standard InChI is InChI=1S/C17H14BrFO3/c1-21-16-9-11(14(18)10-17(16)22-2)6-7-15(20)12-4-3-5-13(19)8-12/h3-10H,1-2H3/b7-6+. The van der Waals surface area contributed by atoms with Crippen LogP contribution in [0.1, 0.15) is 15.9 Å². The molecule has 114 valence electrons. The van der Waals surface area contributed by atoms with Gasteiger partial charge in [-0.25, -0.2) is 4.39 Å². The molecular weight excluding hydrogens is 351 g/mol. The molecule has 0 fully saturated rings. The summed E-state index contributed by atoms with van der Waals surface area (Å²) in [7, 11) is 3.09. The molecule has 3 nitrogen and oxygen atoms in total. The van der Waals surface area contributed by atoms with E-state index in [1.54, 1.807) is 31.4 Å². The van der Waals surface area contributed by atoms with Crippen LogP contribution in [-0.4, -0.2) is 20.0 Å². The zero-order valence-corrected chi connectivity index (χ0v) is 13.7. The summed E-state index contributed by atoms with van der Waals surface area (Å²) >= 11 is 3.41. The second-order valence-electron chi connectivity index (χ2n) is 4.44. The van der Waals surface area contributed by atoms with Gasteiger partial charge in [0.05, 0.1) is 14.2 Å². The third kappa shape index (κ3) is 3.74. The molecule has 0 aliphatic carbocycles. The Hall–Kier alpha value is -2.14. The second-order valence-corrected chi connectivity index (χ2v) is 5.29. The molecule has 2 rings (SSSR count). The van der Waals surface area contributed by atoms with Crippen molar-refractivity contribution in [2.24, 2.45) is 0 Å². The Morgan fingerprint density at radius 3 is 2.45 bits per heavy atom. The van der Waals surface area contributed by atoms with Crippen molar-refractivity contribution in [2.75, 3.05) is 14.2 Å². The van der Waals surface area contributed by atoms with Crippen molar-refractivity contribution >= 4 is 27.8 Å². The first-order valence-electron chi connectivity index (χ1n) is 6.44. The highest BCUT2D eigenvalue weighted by Crippen LogP contribution is 2.33. The van der Waals surface area contributed by atoms with Gasteiger partial charge in [0, 0.05) is 10.0 Å². The molecule has 0 spiro atoms. The Balaban J connectivity index is 2.28. The summed E-state index contributed by atoms with van der Waals surface area (Å²) in [6.07, 6.45) is 3.03. The van der Waals surface area contributed by atoms with Crippen LogP contribution in [0.4, 0.5) is 4.39 Å². The van der Waals surface area contributed by atoms with Crippen molar-refractivity contribution in [1.82, 2.24) is 0 Å². The van der Waals surface area contributed by atoms with E-state index in [-0.39, 0.29) is 5.78 Å². The lowest BCUT2D eigenvalue weighted by molar-refractivity contribution is 0.104. The average Bonchev–Trinajstić information content (AvgIpc) is 2.53. The number of halogens is 2. The van der Waals surface area contributed by atoms with E-state index in [0.717, 1.165) is 10.0 Å². The highest BCUT2D eigenvalue weighted by atomic mass is 79.9. The Morgan fingerprint density at radius 1 is 1.14 bits per heavy atom. The fourth-order valence-electron chi connectivity index (χ4n) is 1.90. The number of hydrogen-bond acceptors (Lipinski definition) is 3. The lowest BCUT2D eigenvalue weighted by Gasteiger charge is -2.09. The summed E-state index contributed by atoms with van der Waals surface area (Å²) in [6, 6.07) is 9.08. The summed E-state index contributed by atoms with van der Waals surface area (Å²) in [4.78, 5) is 12.0. The molecular formula is C17H14BrFO3. The lowest BCUT2D eigenvalue weighted by Crippen LogP contribution is -1.95. The van der Waals surface area contributed by atoms with Gasteiger partial charge >= 0.3 is 0 Å². The number of hydrogen-bond donors (Lipinski definition) is 0. The van der Waals surface area contributed by atoms with E-state index >= 15 is 0 Å². The number of rotatable bonds is 5. The quantitative estimate of drug-likeness (QED) is 0.578. The Labute approximate surface area is 136 Å². The van der Waals surface area contributed by atoms with Crippen LogP contribution >= 0.6 is 15.9 Å². The van der Waals surface area contributed by atoms with Crippen molar-refractivity contribution in [3.63, 3.8) is 0 Å². The zero-order valence-electron chi connectivity index (χ0n) is 12.1. The van der Waals surface area contributed by atoms with Gasteiger partial charge in [0.15, 0.2) is 17.3 Å². The fraction of sp³-hybridized carbons (Fsp3) is 0.118. The van der Waals surface area contributed by atoms with Gasteiger partial charge in [-0.1, -0.05) is 28.1 Å². The Morgan fingerprint density at radius 2 is 1.82 bits per heavy atom. The first-order chi connectivity index (χ1) is 10.5. The van der Waals surface area contributed by atoms with Crippen LogP contribution in [0.15, 0.2) is 46.9 Å². The normalized spacial score (nSPS) is 10.7. The summed E-state index contributed by atoms with van der Waals surface area (Å²) in [6.45, 7) is 0. The van der Waals surface area contributed by atoms with Gasteiger partial charge < -0.3 is 9.47 Å². The molecule has 0 atom stereocenters. The van der Waals surface area contributed by atoms with Crippen LogP contribution in [0.5, 0.6) is 11.5 Å². The maximum Gasteiger partial charge on any atom is 0.185 e. The van der Waals surface area contributed by atoms with Crippen molar-refractivity contribution in [3.8, 4) is 11.5 Å². The van der Waals surface area contributed by atoms with E-state index in [1.807, 2.05) is 0 Å². The molecule has 0 bridgehead atoms. The lowest BCUT2D eigenvalue weighted by atomic mass is 10.1. The van der Waals surface area contributed by atoms with Crippen LogP contribution < -0.4 is 9.47 Å². The van der Waals surface area contributed by atoms with Gasteiger partial charge in [-0.2, -0.15) is 0 Å². The Kier molecular flexibility index (Phi) is 5.33. The second kappa shape index (κ2) is 7.22. The first-order valence-corrected chi connectivity index (χ1v) is 7.24. The van der Waals surface area contributed by atoms with Gasteiger partial charge in [0.2, 0.25) is 0 Å². The number of benzene rings is 2. The minimum absolute atomic E-state index is 0.277. The van der Waals surface area contributed by atoms with Gasteiger partial charge in [-0.3, -0.25) is 4.79 Å². The van der Waals surface area contributed by atoms with E-state index in [9.17, 15) is 9.18 Å². The molecule has 0 saturated carbocycles. The molecule has 0 N–H and O–H groups in total. The third-order valence-electron chi connectivity index (χ3n) is 3.03. The number of allylic oxidation sites excluding steroid dienone is 1. The number of methoxy groups -OCH3 is 2. The van der Waals surface area contributed by atoms with Gasteiger partial charge in [-0.15, -0.1) is 0 Å². The largest absolute Gasteiger partial charge is 0.493 e. The molecule has 0 radical (unpaired) electrons. The molecule has 0 unspecified atom stereocenters. The van der Waals surface area contributed by atoms with E-state index in [4.69, 9.17) is 9.47 Å². The number of carbonyl (C=O) groups excluding carboxylic acids is 1.